The highest BCUT2D eigenvalue weighted by atomic mass is 15.3. The van der Waals surface area contributed by atoms with Gasteiger partial charge in [0.1, 0.15) is 5.69 Å². The molecule has 0 saturated carbocycles. The molecule has 0 fully saturated rings. The molecule has 0 aliphatic carbocycles. The molecule has 0 bridgehead atoms. The van der Waals surface area contributed by atoms with Crippen LogP contribution < -0.4 is 0 Å². The number of hydrogen-bond donors (Lipinski definition) is 0. The van der Waals surface area contributed by atoms with Crippen LogP contribution in [0.1, 0.15) is 51.0 Å². The third kappa shape index (κ3) is 1.92. The van der Waals surface area contributed by atoms with Crippen molar-refractivity contribution in [3.05, 3.63) is 17.5 Å². The molecule has 1 aromatic heterocycles. The van der Waals surface area contributed by atoms with Gasteiger partial charge in [0.2, 0.25) is 0 Å². The Kier molecular flexibility index (Phi) is 2.77. The van der Waals surface area contributed by atoms with Crippen LogP contribution in [0, 0.1) is 12.3 Å². The van der Waals surface area contributed by atoms with Crippen LogP contribution in [-0.2, 0) is 0 Å². The molecule has 0 radical (unpaired) electrons. The molecule has 70 valence electrons. The van der Waals surface area contributed by atoms with Crippen molar-refractivity contribution in [2.75, 3.05) is 0 Å². The lowest BCUT2D eigenvalue weighted by Crippen LogP contribution is -2.05. The summed E-state index contributed by atoms with van der Waals surface area (Å²) in [5.41, 5.74) is 1.94. The van der Waals surface area contributed by atoms with Crippen molar-refractivity contribution >= 4 is 0 Å². The summed E-state index contributed by atoms with van der Waals surface area (Å²) in [6, 6.07) is 2.32. The summed E-state index contributed by atoms with van der Waals surface area (Å²) in [6.45, 7) is 8.40. The second-order valence-electron chi connectivity index (χ2n) is 3.79. The van der Waals surface area contributed by atoms with Gasteiger partial charge < -0.3 is 0 Å². The average Bonchev–Trinajstić information content (AvgIpc) is 2.47. The number of nitrogens with zero attached hydrogens (tertiary/aromatic N) is 2. The fourth-order valence-corrected chi connectivity index (χ4v) is 1.20. The van der Waals surface area contributed by atoms with Gasteiger partial charge in [-0.05, 0) is 25.8 Å². The van der Waals surface area contributed by atoms with Gasteiger partial charge >= 0.3 is 0 Å². The van der Waals surface area contributed by atoms with Crippen LogP contribution in [0.4, 0.5) is 0 Å². The molecule has 0 N–H and O–H groups in total. The Morgan fingerprint density at radius 2 is 2.00 bits per heavy atom. The van der Waals surface area contributed by atoms with Crippen LogP contribution >= 0.6 is 0 Å². The molecule has 13 heavy (non-hydrogen) atoms. The maximum atomic E-state index is 5.39. The molecule has 0 unspecified atom stereocenters. The highest BCUT2D eigenvalue weighted by Gasteiger charge is 2.10. The van der Waals surface area contributed by atoms with E-state index in [2.05, 4.69) is 38.7 Å². The zero-order valence-electron chi connectivity index (χ0n) is 8.70. The van der Waals surface area contributed by atoms with Crippen LogP contribution in [0.25, 0.3) is 0 Å². The first-order valence-corrected chi connectivity index (χ1v) is 4.62. The molecular formula is C11H16N2. The van der Waals surface area contributed by atoms with Crippen molar-refractivity contribution in [3.63, 3.8) is 0 Å². The molecule has 0 atom stereocenters. The minimum Gasteiger partial charge on any atom is -0.254 e. The van der Waals surface area contributed by atoms with E-state index in [0.717, 1.165) is 11.4 Å². The summed E-state index contributed by atoms with van der Waals surface area (Å²) >= 11 is 0. The SMILES string of the molecule is C#Cc1cc(C(C)C)nn1C(C)C. The normalized spacial score (nSPS) is 10.8. The van der Waals surface area contributed by atoms with Gasteiger partial charge in [-0.2, -0.15) is 5.10 Å². The van der Waals surface area contributed by atoms with E-state index < -0.39 is 0 Å². The molecule has 0 saturated heterocycles. The molecule has 2 heteroatoms. The number of hydrogen-bond acceptors (Lipinski definition) is 1. The third-order valence-corrected chi connectivity index (χ3v) is 1.98. The van der Waals surface area contributed by atoms with E-state index >= 15 is 0 Å². The summed E-state index contributed by atoms with van der Waals surface area (Å²) in [5, 5.41) is 4.45. The van der Waals surface area contributed by atoms with Gasteiger partial charge in [-0.1, -0.05) is 19.8 Å². The standard InChI is InChI=1S/C11H16N2/c1-6-10-7-11(8(2)3)12-13(10)9(4)5/h1,7-9H,2-5H3. The first-order valence-electron chi connectivity index (χ1n) is 4.62. The predicted octanol–water partition coefficient (Wildman–Crippen LogP) is 2.57. The highest BCUT2D eigenvalue weighted by Crippen LogP contribution is 2.16. The topological polar surface area (TPSA) is 17.8 Å². The van der Waals surface area contributed by atoms with Crippen LogP contribution in [0.2, 0.25) is 0 Å². The fraction of sp³-hybridized carbons (Fsp3) is 0.545. The van der Waals surface area contributed by atoms with E-state index in [1.807, 2.05) is 10.7 Å². The van der Waals surface area contributed by atoms with Gasteiger partial charge in [-0.15, -0.1) is 6.42 Å². The Labute approximate surface area is 80.0 Å². The molecule has 0 aliphatic rings. The first kappa shape index (κ1) is 9.85. The molecule has 2 nitrogen and oxygen atoms in total. The molecule has 0 aliphatic heterocycles. The second kappa shape index (κ2) is 3.66. The molecule has 0 amide bonds. The van der Waals surface area contributed by atoms with Crippen molar-refractivity contribution in [2.45, 2.75) is 39.7 Å². The second-order valence-corrected chi connectivity index (χ2v) is 3.79. The molecule has 1 aromatic rings. The van der Waals surface area contributed by atoms with E-state index in [-0.39, 0.29) is 0 Å². The highest BCUT2D eigenvalue weighted by molar-refractivity contribution is 5.28. The van der Waals surface area contributed by atoms with Gasteiger partial charge in [-0.3, -0.25) is 4.68 Å². The van der Waals surface area contributed by atoms with Crippen LogP contribution in [0.5, 0.6) is 0 Å². The molecule has 1 rings (SSSR count). The fourth-order valence-electron chi connectivity index (χ4n) is 1.20. The van der Waals surface area contributed by atoms with Crippen LogP contribution in [-0.4, -0.2) is 9.78 Å². The first-order chi connectivity index (χ1) is 6.06. The Morgan fingerprint density at radius 3 is 2.31 bits per heavy atom. The van der Waals surface area contributed by atoms with E-state index in [4.69, 9.17) is 6.42 Å². The van der Waals surface area contributed by atoms with Gasteiger partial charge in [0.25, 0.3) is 0 Å². The van der Waals surface area contributed by atoms with E-state index in [9.17, 15) is 0 Å². The lowest BCUT2D eigenvalue weighted by Gasteiger charge is -2.06. The molecule has 1 heterocycles. The van der Waals surface area contributed by atoms with Crippen molar-refractivity contribution in [3.8, 4) is 12.3 Å². The Balaban J connectivity index is 3.14. The van der Waals surface area contributed by atoms with E-state index in [0.29, 0.717) is 12.0 Å². The van der Waals surface area contributed by atoms with Gasteiger partial charge in [0.05, 0.1) is 5.69 Å². The summed E-state index contributed by atoms with van der Waals surface area (Å²) < 4.78 is 1.90. The molecule has 0 aromatic carbocycles. The third-order valence-electron chi connectivity index (χ3n) is 1.98. The zero-order valence-corrected chi connectivity index (χ0v) is 8.70. The van der Waals surface area contributed by atoms with Gasteiger partial charge in [0.15, 0.2) is 0 Å². The molecular weight excluding hydrogens is 160 g/mol. The van der Waals surface area contributed by atoms with Crippen molar-refractivity contribution < 1.29 is 0 Å². The van der Waals surface area contributed by atoms with Crippen molar-refractivity contribution in [2.24, 2.45) is 0 Å². The van der Waals surface area contributed by atoms with Crippen LogP contribution in [0.15, 0.2) is 6.07 Å². The Hall–Kier alpha value is -1.23. The smallest absolute Gasteiger partial charge is 0.111 e. The van der Waals surface area contributed by atoms with E-state index in [1.54, 1.807) is 0 Å². The number of rotatable bonds is 2. The number of terminal acetylenes is 1. The summed E-state index contributed by atoms with van der Waals surface area (Å²) in [7, 11) is 0. The zero-order chi connectivity index (χ0) is 10.0. The van der Waals surface area contributed by atoms with Crippen LogP contribution in [0.3, 0.4) is 0 Å². The van der Waals surface area contributed by atoms with Crippen molar-refractivity contribution in [1.82, 2.24) is 9.78 Å². The van der Waals surface area contributed by atoms with Gasteiger partial charge in [0, 0.05) is 6.04 Å². The van der Waals surface area contributed by atoms with Crippen molar-refractivity contribution in [1.29, 1.82) is 0 Å². The average molecular weight is 176 g/mol. The van der Waals surface area contributed by atoms with E-state index in [1.165, 1.54) is 0 Å². The maximum Gasteiger partial charge on any atom is 0.111 e. The summed E-state index contributed by atoms with van der Waals surface area (Å²) in [6.07, 6.45) is 5.39. The molecule has 0 spiro atoms. The Bertz CT molecular complexity index is 326. The van der Waals surface area contributed by atoms with Gasteiger partial charge in [-0.25, -0.2) is 0 Å². The predicted molar refractivity (Wildman–Crippen MR) is 54.6 cm³/mol. The lowest BCUT2D eigenvalue weighted by atomic mass is 10.1. The Morgan fingerprint density at radius 1 is 1.38 bits per heavy atom. The minimum absolute atomic E-state index is 0.332. The number of aromatic nitrogens is 2. The minimum atomic E-state index is 0.332. The monoisotopic (exact) mass is 176 g/mol. The summed E-state index contributed by atoms with van der Waals surface area (Å²) in [4.78, 5) is 0. The largest absolute Gasteiger partial charge is 0.254 e. The maximum absolute atomic E-state index is 5.39. The lowest BCUT2D eigenvalue weighted by molar-refractivity contribution is 0.518. The quantitative estimate of drug-likeness (QED) is 0.633. The summed E-state index contributed by atoms with van der Waals surface area (Å²) in [5.74, 6) is 3.09.